The molecule has 0 saturated heterocycles. The number of aromatic nitrogens is 2. The number of aliphatic hydroxyl groups is 1. The summed E-state index contributed by atoms with van der Waals surface area (Å²) in [7, 11) is 0. The number of aliphatic hydroxyl groups excluding tert-OH is 1. The number of nitrogens with one attached hydrogen (secondary N) is 1. The second-order valence-corrected chi connectivity index (χ2v) is 8.88. The minimum absolute atomic E-state index is 0.158. The van der Waals surface area contributed by atoms with E-state index in [0.717, 1.165) is 37.0 Å². The highest BCUT2D eigenvalue weighted by molar-refractivity contribution is 7.21. The Balaban J connectivity index is 1.83. The maximum absolute atomic E-state index is 11.8. The van der Waals surface area contributed by atoms with E-state index in [-0.39, 0.29) is 22.7 Å². The summed E-state index contributed by atoms with van der Waals surface area (Å²) in [4.78, 5) is 21.8. The lowest BCUT2D eigenvalue weighted by Gasteiger charge is -2.26. The summed E-state index contributed by atoms with van der Waals surface area (Å²) in [6.45, 7) is 0. The van der Waals surface area contributed by atoms with Gasteiger partial charge in [0.15, 0.2) is 0 Å². The highest BCUT2D eigenvalue weighted by atomic mass is 35.5. The van der Waals surface area contributed by atoms with Gasteiger partial charge in [-0.2, -0.15) is 0 Å². The molecule has 29 heavy (non-hydrogen) atoms. The van der Waals surface area contributed by atoms with Gasteiger partial charge < -0.3 is 21.9 Å². The van der Waals surface area contributed by atoms with Gasteiger partial charge in [0.05, 0.1) is 32.9 Å². The molecule has 3 aromatic rings. The Hall–Kier alpha value is -2.13. The number of rotatable bonds is 4. The Morgan fingerprint density at radius 1 is 1.17 bits per heavy atom. The molecular weight excluding hydrogens is 433 g/mol. The second-order valence-electron chi connectivity index (χ2n) is 7.06. The molecule has 0 unspecified atom stereocenters. The van der Waals surface area contributed by atoms with E-state index in [1.807, 2.05) is 0 Å². The number of carbonyl (C=O) groups is 1. The fourth-order valence-electron chi connectivity index (χ4n) is 3.52. The number of hydrogen-bond acceptors (Lipinski definition) is 7. The SMILES string of the molecule is NC(=O)c1sc2nc(NC3CCC(O)CC3)nc(-c3ccc(Cl)c(Cl)c3)c2c1N. The minimum Gasteiger partial charge on any atom is -0.397 e. The zero-order valence-electron chi connectivity index (χ0n) is 15.3. The Kier molecular flexibility index (Phi) is 5.52. The van der Waals surface area contributed by atoms with Crippen LogP contribution in [0.15, 0.2) is 18.2 Å². The first-order valence-electron chi connectivity index (χ1n) is 9.13. The van der Waals surface area contributed by atoms with E-state index in [2.05, 4.69) is 15.3 Å². The molecule has 0 bridgehead atoms. The summed E-state index contributed by atoms with van der Waals surface area (Å²) in [6.07, 6.45) is 2.86. The van der Waals surface area contributed by atoms with Crippen LogP contribution in [-0.4, -0.2) is 33.1 Å². The van der Waals surface area contributed by atoms with Gasteiger partial charge in [0.2, 0.25) is 5.95 Å². The highest BCUT2D eigenvalue weighted by Crippen LogP contribution is 2.40. The van der Waals surface area contributed by atoms with Crippen molar-refractivity contribution >= 4 is 62.3 Å². The Morgan fingerprint density at radius 3 is 2.55 bits per heavy atom. The second kappa shape index (κ2) is 7.95. The van der Waals surface area contributed by atoms with Crippen molar-refractivity contribution in [2.24, 2.45) is 5.73 Å². The van der Waals surface area contributed by atoms with Crippen molar-refractivity contribution in [2.45, 2.75) is 37.8 Å². The molecule has 1 amide bonds. The summed E-state index contributed by atoms with van der Waals surface area (Å²) in [5.74, 6) is -0.182. The van der Waals surface area contributed by atoms with E-state index in [0.29, 0.717) is 37.5 Å². The predicted molar refractivity (Wildman–Crippen MR) is 118 cm³/mol. The molecule has 1 aromatic carbocycles. The van der Waals surface area contributed by atoms with E-state index in [4.69, 9.17) is 34.7 Å². The number of nitrogens with two attached hydrogens (primary N) is 2. The Morgan fingerprint density at radius 2 is 1.90 bits per heavy atom. The Labute approximate surface area is 181 Å². The van der Waals surface area contributed by atoms with Crippen molar-refractivity contribution in [3.05, 3.63) is 33.1 Å². The van der Waals surface area contributed by atoms with Crippen LogP contribution in [0.4, 0.5) is 11.6 Å². The third kappa shape index (κ3) is 3.98. The van der Waals surface area contributed by atoms with Crippen LogP contribution in [0.3, 0.4) is 0 Å². The van der Waals surface area contributed by atoms with E-state index in [9.17, 15) is 9.90 Å². The van der Waals surface area contributed by atoms with Crippen LogP contribution in [0.1, 0.15) is 35.4 Å². The molecule has 1 saturated carbocycles. The lowest BCUT2D eigenvalue weighted by molar-refractivity contribution is 0.100. The highest BCUT2D eigenvalue weighted by Gasteiger charge is 2.24. The van der Waals surface area contributed by atoms with Gasteiger partial charge in [-0.05, 0) is 37.8 Å². The smallest absolute Gasteiger partial charge is 0.260 e. The van der Waals surface area contributed by atoms with E-state index in [1.165, 1.54) is 0 Å². The first kappa shape index (κ1) is 20.2. The van der Waals surface area contributed by atoms with Crippen LogP contribution in [-0.2, 0) is 0 Å². The van der Waals surface area contributed by atoms with Crippen LogP contribution in [0, 0.1) is 0 Å². The van der Waals surface area contributed by atoms with Crippen LogP contribution in [0.5, 0.6) is 0 Å². The third-order valence-corrected chi connectivity index (χ3v) is 6.89. The number of hydrogen-bond donors (Lipinski definition) is 4. The van der Waals surface area contributed by atoms with Crippen LogP contribution in [0.25, 0.3) is 21.5 Å². The lowest BCUT2D eigenvalue weighted by Crippen LogP contribution is -2.29. The predicted octanol–water partition coefficient (Wildman–Crippen LogP) is 4.06. The van der Waals surface area contributed by atoms with Gasteiger partial charge in [-0.3, -0.25) is 4.79 Å². The van der Waals surface area contributed by atoms with Crippen molar-refractivity contribution in [1.82, 2.24) is 9.97 Å². The summed E-state index contributed by atoms with van der Waals surface area (Å²) in [6, 6.07) is 5.33. The molecule has 2 heterocycles. The van der Waals surface area contributed by atoms with E-state index < -0.39 is 5.91 Å². The molecule has 4 rings (SSSR count). The molecule has 2 aromatic heterocycles. The number of thiophene rings is 1. The van der Waals surface area contributed by atoms with Gasteiger partial charge in [-0.1, -0.05) is 29.3 Å². The number of anilines is 2. The molecule has 152 valence electrons. The average molecular weight is 452 g/mol. The molecule has 0 spiro atoms. The number of nitrogen functional groups attached to an aromatic ring is 1. The first-order chi connectivity index (χ1) is 13.8. The fourth-order valence-corrected chi connectivity index (χ4v) is 4.77. The molecular formula is C19H19Cl2N5O2S. The maximum atomic E-state index is 11.8. The number of nitrogens with zero attached hydrogens (tertiary/aromatic N) is 2. The number of fused-ring (bicyclic) bond motifs is 1. The normalized spacial score (nSPS) is 19.4. The average Bonchev–Trinajstić information content (AvgIpc) is 3.02. The van der Waals surface area contributed by atoms with Crippen LogP contribution >= 0.6 is 34.5 Å². The lowest BCUT2D eigenvalue weighted by atomic mass is 9.93. The van der Waals surface area contributed by atoms with Crippen molar-refractivity contribution in [3.63, 3.8) is 0 Å². The zero-order valence-corrected chi connectivity index (χ0v) is 17.6. The van der Waals surface area contributed by atoms with Crippen LogP contribution in [0.2, 0.25) is 10.0 Å². The maximum Gasteiger partial charge on any atom is 0.260 e. The third-order valence-electron chi connectivity index (χ3n) is 5.04. The van der Waals surface area contributed by atoms with Crippen molar-refractivity contribution < 1.29 is 9.90 Å². The molecule has 1 aliphatic rings. The summed E-state index contributed by atoms with van der Waals surface area (Å²) in [5, 5.41) is 14.4. The molecule has 10 heteroatoms. The molecule has 0 radical (unpaired) electrons. The molecule has 1 aliphatic carbocycles. The number of amides is 1. The van der Waals surface area contributed by atoms with E-state index >= 15 is 0 Å². The number of halogens is 2. The van der Waals surface area contributed by atoms with Crippen molar-refractivity contribution in [3.8, 4) is 11.3 Å². The molecule has 1 fully saturated rings. The largest absolute Gasteiger partial charge is 0.397 e. The zero-order chi connectivity index (χ0) is 20.7. The molecule has 7 nitrogen and oxygen atoms in total. The van der Waals surface area contributed by atoms with Crippen molar-refractivity contribution in [1.29, 1.82) is 0 Å². The van der Waals surface area contributed by atoms with Gasteiger partial charge in [-0.15, -0.1) is 11.3 Å². The molecule has 6 N–H and O–H groups in total. The number of benzene rings is 1. The monoisotopic (exact) mass is 451 g/mol. The van der Waals surface area contributed by atoms with E-state index in [1.54, 1.807) is 18.2 Å². The number of primary amides is 1. The van der Waals surface area contributed by atoms with Gasteiger partial charge in [-0.25, -0.2) is 9.97 Å². The minimum atomic E-state index is -0.610. The van der Waals surface area contributed by atoms with Crippen molar-refractivity contribution in [2.75, 3.05) is 11.1 Å². The van der Waals surface area contributed by atoms with Gasteiger partial charge >= 0.3 is 0 Å². The first-order valence-corrected chi connectivity index (χ1v) is 10.7. The summed E-state index contributed by atoms with van der Waals surface area (Å²) in [5.41, 5.74) is 13.2. The van der Waals surface area contributed by atoms with Gasteiger partial charge in [0, 0.05) is 11.6 Å². The van der Waals surface area contributed by atoms with Gasteiger partial charge in [0.1, 0.15) is 9.71 Å². The topological polar surface area (TPSA) is 127 Å². The fraction of sp³-hybridized carbons (Fsp3) is 0.316. The Bertz CT molecular complexity index is 1100. The number of carbonyl (C=O) groups excluding carboxylic acids is 1. The van der Waals surface area contributed by atoms with Crippen LogP contribution < -0.4 is 16.8 Å². The molecule has 0 aliphatic heterocycles. The standard InChI is InChI=1S/C19H19Cl2N5O2S/c20-11-6-1-8(7-12(11)21)15-13-14(22)16(17(23)28)29-18(13)26-19(25-15)24-9-2-4-10(27)5-3-9/h1,6-7,9-10,27H,2-5,22H2,(H2,23,28)(H,24,25,26). The summed E-state index contributed by atoms with van der Waals surface area (Å²) < 4.78 is 0. The summed E-state index contributed by atoms with van der Waals surface area (Å²) >= 11 is 13.4. The molecule has 0 atom stereocenters. The van der Waals surface area contributed by atoms with Gasteiger partial charge in [0.25, 0.3) is 5.91 Å². The quantitative estimate of drug-likeness (QED) is 0.473.